The molecule has 0 heterocycles. The molecule has 1 aromatic rings. The smallest absolute Gasteiger partial charge is 0.263 e. The maximum Gasteiger partial charge on any atom is 0.263 e. The molecule has 1 aliphatic carbocycles. The zero-order valence-electron chi connectivity index (χ0n) is 14.0. The van der Waals surface area contributed by atoms with Crippen LogP contribution in [-0.2, 0) is 22.4 Å². The average Bonchev–Trinajstić information content (AvgIpc) is 3.28. The Morgan fingerprint density at radius 3 is 2.04 bits per heavy atom. The fourth-order valence-electron chi connectivity index (χ4n) is 2.54. The SMILES string of the molecule is CC(C)c1cc(C(F)F)cc(C(C)C)c1CC(=O)N=S=C1CC1. The first kappa shape index (κ1) is 18.0. The summed E-state index contributed by atoms with van der Waals surface area (Å²) in [4.78, 5) is 13.4. The Bertz CT molecular complexity index is 639. The molecule has 0 N–H and O–H groups in total. The van der Waals surface area contributed by atoms with Crippen molar-refractivity contribution in [1.82, 2.24) is 0 Å². The highest BCUT2D eigenvalue weighted by Crippen LogP contribution is 2.33. The Morgan fingerprint density at radius 1 is 1.13 bits per heavy atom. The van der Waals surface area contributed by atoms with E-state index >= 15 is 0 Å². The number of rotatable bonds is 5. The van der Waals surface area contributed by atoms with E-state index in [1.165, 1.54) is 16.0 Å². The Labute approximate surface area is 140 Å². The number of halogens is 2. The number of benzene rings is 1. The highest BCUT2D eigenvalue weighted by molar-refractivity contribution is 7.69. The minimum absolute atomic E-state index is 0.0356. The first-order valence-electron chi connectivity index (χ1n) is 8.00. The zero-order chi connectivity index (χ0) is 17.1. The van der Waals surface area contributed by atoms with Crippen LogP contribution in [0.1, 0.15) is 81.1 Å². The molecule has 1 saturated carbocycles. The highest BCUT2D eigenvalue weighted by atomic mass is 32.1. The molecule has 23 heavy (non-hydrogen) atoms. The van der Waals surface area contributed by atoms with Crippen LogP contribution in [-0.4, -0.2) is 10.8 Å². The Balaban J connectivity index is 2.45. The molecule has 1 aliphatic rings. The average molecular weight is 339 g/mol. The number of nitrogens with zero attached hydrogens (tertiary/aromatic N) is 1. The molecule has 0 aliphatic heterocycles. The van der Waals surface area contributed by atoms with Crippen LogP contribution in [0.4, 0.5) is 8.78 Å². The number of hydrogen-bond donors (Lipinski definition) is 0. The second-order valence-electron chi connectivity index (χ2n) is 6.58. The number of carbonyl (C=O) groups is 1. The summed E-state index contributed by atoms with van der Waals surface area (Å²) in [6.07, 6.45) is -0.232. The quantitative estimate of drug-likeness (QED) is 0.680. The van der Waals surface area contributed by atoms with Gasteiger partial charge in [-0.1, -0.05) is 27.7 Å². The molecule has 0 radical (unpaired) electrons. The van der Waals surface area contributed by atoms with Crippen LogP contribution in [0.3, 0.4) is 0 Å². The van der Waals surface area contributed by atoms with E-state index in [9.17, 15) is 13.6 Å². The first-order valence-corrected chi connectivity index (χ1v) is 8.77. The van der Waals surface area contributed by atoms with Crippen LogP contribution in [0.15, 0.2) is 16.5 Å². The molecule has 0 bridgehead atoms. The van der Waals surface area contributed by atoms with E-state index < -0.39 is 6.43 Å². The van der Waals surface area contributed by atoms with Gasteiger partial charge in [0.25, 0.3) is 12.3 Å². The fourth-order valence-corrected chi connectivity index (χ4v) is 3.12. The lowest BCUT2D eigenvalue weighted by atomic mass is 9.85. The summed E-state index contributed by atoms with van der Waals surface area (Å²) >= 11 is 1.28. The molecule has 0 spiro atoms. The van der Waals surface area contributed by atoms with Crippen molar-refractivity contribution in [2.24, 2.45) is 4.36 Å². The van der Waals surface area contributed by atoms with Gasteiger partial charge in [-0.3, -0.25) is 4.79 Å². The van der Waals surface area contributed by atoms with E-state index in [0.29, 0.717) is 0 Å². The van der Waals surface area contributed by atoms with E-state index in [-0.39, 0.29) is 29.7 Å². The van der Waals surface area contributed by atoms with Gasteiger partial charge in [0.05, 0.1) is 6.42 Å². The van der Waals surface area contributed by atoms with Gasteiger partial charge in [0.15, 0.2) is 0 Å². The standard InChI is InChI=1S/C18H23F2NOS/c1-10(2)14-7-12(18(19)20)8-15(11(3)4)16(14)9-17(22)21-23-13-5-6-13/h7-8,10-11,18H,5-6,9H2,1-4H3. The van der Waals surface area contributed by atoms with Gasteiger partial charge in [0.2, 0.25) is 0 Å². The number of alkyl halides is 2. The van der Waals surface area contributed by atoms with Crippen molar-refractivity contribution >= 4 is 21.9 Å². The topological polar surface area (TPSA) is 29.4 Å². The molecule has 5 heteroatoms. The van der Waals surface area contributed by atoms with Crippen molar-refractivity contribution in [3.63, 3.8) is 0 Å². The van der Waals surface area contributed by atoms with E-state index in [1.807, 2.05) is 27.7 Å². The maximum atomic E-state index is 13.2. The second kappa shape index (κ2) is 7.47. The number of amides is 1. The summed E-state index contributed by atoms with van der Waals surface area (Å²) in [6, 6.07) is 3.10. The summed E-state index contributed by atoms with van der Waals surface area (Å²) in [5.74, 6) is -0.0260. The minimum Gasteiger partial charge on any atom is -0.271 e. The summed E-state index contributed by atoms with van der Waals surface area (Å²) in [6.45, 7) is 7.87. The fraction of sp³-hybridized carbons (Fsp3) is 0.556. The third kappa shape index (κ3) is 4.80. The predicted molar refractivity (Wildman–Crippen MR) is 92.3 cm³/mol. The van der Waals surface area contributed by atoms with Gasteiger partial charge in [0.1, 0.15) is 0 Å². The van der Waals surface area contributed by atoms with Crippen molar-refractivity contribution in [3.8, 4) is 0 Å². The van der Waals surface area contributed by atoms with Crippen LogP contribution in [0.25, 0.3) is 0 Å². The van der Waals surface area contributed by atoms with Crippen LogP contribution >= 0.6 is 0 Å². The van der Waals surface area contributed by atoms with E-state index in [1.54, 1.807) is 12.1 Å². The number of hydrogen-bond acceptors (Lipinski definition) is 1. The molecular formula is C18H23F2NOS. The maximum absolute atomic E-state index is 13.2. The van der Waals surface area contributed by atoms with E-state index in [4.69, 9.17) is 0 Å². The van der Waals surface area contributed by atoms with Gasteiger partial charge in [-0.25, -0.2) is 8.78 Å². The minimum atomic E-state index is -2.50. The third-order valence-electron chi connectivity index (χ3n) is 3.90. The summed E-state index contributed by atoms with van der Waals surface area (Å²) in [5, 5.41) is 0. The molecular weight excluding hydrogens is 316 g/mol. The Morgan fingerprint density at radius 2 is 1.65 bits per heavy atom. The molecule has 0 atom stereocenters. The summed E-state index contributed by atoms with van der Waals surface area (Å²) in [7, 11) is 0. The van der Waals surface area contributed by atoms with Crippen LogP contribution in [0.2, 0.25) is 0 Å². The lowest BCUT2D eigenvalue weighted by Crippen LogP contribution is -2.10. The molecule has 1 amide bonds. The van der Waals surface area contributed by atoms with E-state index in [0.717, 1.165) is 29.5 Å². The molecule has 1 aromatic carbocycles. The lowest BCUT2D eigenvalue weighted by molar-refractivity contribution is -0.116. The van der Waals surface area contributed by atoms with Gasteiger partial charge in [0, 0.05) is 10.4 Å². The van der Waals surface area contributed by atoms with Crippen LogP contribution < -0.4 is 0 Å². The van der Waals surface area contributed by atoms with Crippen molar-refractivity contribution < 1.29 is 13.6 Å². The lowest BCUT2D eigenvalue weighted by Gasteiger charge is -2.20. The summed E-state index contributed by atoms with van der Waals surface area (Å²) < 4.78 is 30.4. The van der Waals surface area contributed by atoms with Crippen molar-refractivity contribution in [2.45, 2.75) is 65.2 Å². The van der Waals surface area contributed by atoms with Gasteiger partial charge >= 0.3 is 0 Å². The van der Waals surface area contributed by atoms with Crippen molar-refractivity contribution in [1.29, 1.82) is 0 Å². The Kier molecular flexibility index (Phi) is 5.84. The largest absolute Gasteiger partial charge is 0.271 e. The molecule has 2 nitrogen and oxygen atoms in total. The first-order chi connectivity index (χ1) is 10.8. The van der Waals surface area contributed by atoms with E-state index in [2.05, 4.69) is 4.36 Å². The van der Waals surface area contributed by atoms with Crippen LogP contribution in [0.5, 0.6) is 0 Å². The Hall–Kier alpha value is -1.36. The van der Waals surface area contributed by atoms with Gasteiger partial charge in [-0.15, -0.1) is 0 Å². The normalized spacial score (nSPS) is 13.9. The highest BCUT2D eigenvalue weighted by Gasteiger charge is 2.21. The zero-order valence-corrected chi connectivity index (χ0v) is 14.8. The summed E-state index contributed by atoms with van der Waals surface area (Å²) in [5.41, 5.74) is 2.57. The predicted octanol–water partition coefficient (Wildman–Crippen LogP) is 5.17. The van der Waals surface area contributed by atoms with Gasteiger partial charge in [-0.2, -0.15) is 4.36 Å². The second-order valence-corrected chi connectivity index (χ2v) is 7.52. The molecule has 0 aromatic heterocycles. The van der Waals surface area contributed by atoms with Gasteiger partial charge in [-0.05, 0) is 64.6 Å². The van der Waals surface area contributed by atoms with Gasteiger partial charge < -0.3 is 0 Å². The van der Waals surface area contributed by atoms with Crippen molar-refractivity contribution in [3.05, 3.63) is 34.4 Å². The third-order valence-corrected chi connectivity index (χ3v) is 4.86. The molecule has 0 saturated heterocycles. The number of carbonyl (C=O) groups excluding carboxylic acids is 1. The van der Waals surface area contributed by atoms with Crippen molar-refractivity contribution in [2.75, 3.05) is 0 Å². The molecule has 2 rings (SSSR count). The molecule has 1 fully saturated rings. The molecule has 126 valence electrons. The molecule has 0 unspecified atom stereocenters. The van der Waals surface area contributed by atoms with Crippen LogP contribution in [0, 0.1) is 0 Å². The monoisotopic (exact) mass is 339 g/mol.